The topological polar surface area (TPSA) is 91.8 Å². The summed E-state index contributed by atoms with van der Waals surface area (Å²) < 4.78 is 22.0. The number of rotatable bonds is 3. The number of sulfone groups is 1. The second-order valence-corrected chi connectivity index (χ2v) is 7.15. The van der Waals surface area contributed by atoms with Crippen LogP contribution in [0.3, 0.4) is 0 Å². The summed E-state index contributed by atoms with van der Waals surface area (Å²) in [4.78, 5) is 23.7. The highest BCUT2D eigenvalue weighted by molar-refractivity contribution is 8.00. The summed E-state index contributed by atoms with van der Waals surface area (Å²) in [5.74, 6) is -2.08. The van der Waals surface area contributed by atoms with E-state index in [1.165, 1.54) is 11.8 Å². The number of carboxylic acid groups (broad SMARTS) is 1. The van der Waals surface area contributed by atoms with Gasteiger partial charge in [-0.3, -0.25) is 4.79 Å². The minimum Gasteiger partial charge on any atom is -0.480 e. The summed E-state index contributed by atoms with van der Waals surface area (Å²) >= 11 is 1.33. The van der Waals surface area contributed by atoms with E-state index >= 15 is 0 Å². The first-order chi connectivity index (χ1) is 7.22. The maximum Gasteiger partial charge on any atom is 0.327 e. The molecule has 1 amide bonds. The zero-order chi connectivity index (χ0) is 12.5. The number of hydrogen-bond acceptors (Lipinski definition) is 5. The van der Waals surface area contributed by atoms with Gasteiger partial charge in [0.15, 0.2) is 9.84 Å². The van der Waals surface area contributed by atoms with Gasteiger partial charge in [-0.1, -0.05) is 0 Å². The van der Waals surface area contributed by atoms with Crippen molar-refractivity contribution in [2.24, 2.45) is 0 Å². The standard InChI is InChI=1S/C8H13NO5S2/c1-5-9(6(3-15-5)8(11)12)7(10)4-16(2,13)14/h5-6H,3-4H2,1-2H3,(H,11,12). The fraction of sp³-hybridized carbons (Fsp3) is 0.750. The van der Waals surface area contributed by atoms with Crippen LogP contribution in [0.25, 0.3) is 0 Å². The van der Waals surface area contributed by atoms with E-state index in [2.05, 4.69) is 0 Å². The van der Waals surface area contributed by atoms with Crippen LogP contribution in [0.2, 0.25) is 0 Å². The molecule has 6 nitrogen and oxygen atoms in total. The zero-order valence-corrected chi connectivity index (χ0v) is 10.5. The Hall–Kier alpha value is -0.760. The van der Waals surface area contributed by atoms with Gasteiger partial charge in [0, 0.05) is 12.0 Å². The number of nitrogens with zero attached hydrogens (tertiary/aromatic N) is 1. The van der Waals surface area contributed by atoms with E-state index in [0.717, 1.165) is 11.2 Å². The molecule has 2 atom stereocenters. The SMILES string of the molecule is CC1SCC(C(=O)O)N1C(=O)CS(C)(=O)=O. The Morgan fingerprint density at radius 1 is 1.50 bits per heavy atom. The van der Waals surface area contributed by atoms with Crippen molar-refractivity contribution in [2.45, 2.75) is 18.3 Å². The van der Waals surface area contributed by atoms with Crippen LogP contribution in [0.4, 0.5) is 0 Å². The molecule has 1 heterocycles. The van der Waals surface area contributed by atoms with E-state index in [-0.39, 0.29) is 5.37 Å². The van der Waals surface area contributed by atoms with Gasteiger partial charge in [0.25, 0.3) is 0 Å². The van der Waals surface area contributed by atoms with Crippen LogP contribution < -0.4 is 0 Å². The first-order valence-electron chi connectivity index (χ1n) is 4.55. The average molecular weight is 267 g/mol. The fourth-order valence-electron chi connectivity index (χ4n) is 1.51. The van der Waals surface area contributed by atoms with E-state index < -0.39 is 33.5 Å². The van der Waals surface area contributed by atoms with E-state index in [1.807, 2.05) is 0 Å². The van der Waals surface area contributed by atoms with Crippen molar-refractivity contribution in [1.29, 1.82) is 0 Å². The highest BCUT2D eigenvalue weighted by Crippen LogP contribution is 2.28. The molecule has 92 valence electrons. The van der Waals surface area contributed by atoms with Crippen LogP contribution in [0, 0.1) is 0 Å². The van der Waals surface area contributed by atoms with Gasteiger partial charge in [0.2, 0.25) is 5.91 Å². The largest absolute Gasteiger partial charge is 0.480 e. The van der Waals surface area contributed by atoms with Gasteiger partial charge in [0.05, 0.1) is 5.37 Å². The summed E-state index contributed by atoms with van der Waals surface area (Å²) in [5, 5.41) is 8.60. The van der Waals surface area contributed by atoms with Gasteiger partial charge in [-0.05, 0) is 6.92 Å². The Morgan fingerprint density at radius 2 is 2.06 bits per heavy atom. The minimum absolute atomic E-state index is 0.296. The van der Waals surface area contributed by atoms with Gasteiger partial charge < -0.3 is 10.0 Å². The molecule has 2 unspecified atom stereocenters. The number of hydrogen-bond donors (Lipinski definition) is 1. The lowest BCUT2D eigenvalue weighted by molar-refractivity contribution is -0.147. The molecule has 16 heavy (non-hydrogen) atoms. The lowest BCUT2D eigenvalue weighted by atomic mass is 10.3. The molecule has 1 aliphatic heterocycles. The van der Waals surface area contributed by atoms with Crippen LogP contribution in [0.5, 0.6) is 0 Å². The lowest BCUT2D eigenvalue weighted by Crippen LogP contribution is -2.46. The van der Waals surface area contributed by atoms with E-state index in [0.29, 0.717) is 5.75 Å². The molecule has 0 aromatic rings. The van der Waals surface area contributed by atoms with Crippen LogP contribution in [0.1, 0.15) is 6.92 Å². The van der Waals surface area contributed by atoms with Crippen molar-refractivity contribution in [3.8, 4) is 0 Å². The first-order valence-corrected chi connectivity index (χ1v) is 7.66. The second-order valence-electron chi connectivity index (χ2n) is 3.66. The third-order valence-corrected chi connectivity index (χ3v) is 4.17. The molecular formula is C8H13NO5S2. The second kappa shape index (κ2) is 4.62. The smallest absolute Gasteiger partial charge is 0.327 e. The van der Waals surface area contributed by atoms with Gasteiger partial charge in [-0.2, -0.15) is 0 Å². The molecule has 1 aliphatic rings. The van der Waals surface area contributed by atoms with Gasteiger partial charge >= 0.3 is 5.97 Å². The maximum absolute atomic E-state index is 11.7. The summed E-state index contributed by atoms with van der Waals surface area (Å²) in [6.45, 7) is 1.69. The van der Waals surface area contributed by atoms with Crippen molar-refractivity contribution >= 4 is 33.5 Å². The molecule has 0 aromatic carbocycles. The van der Waals surface area contributed by atoms with Crippen LogP contribution in [0.15, 0.2) is 0 Å². The highest BCUT2D eigenvalue weighted by Gasteiger charge is 2.39. The maximum atomic E-state index is 11.7. The lowest BCUT2D eigenvalue weighted by Gasteiger charge is -2.24. The van der Waals surface area contributed by atoms with Gasteiger partial charge in [0.1, 0.15) is 11.8 Å². The predicted molar refractivity (Wildman–Crippen MR) is 59.9 cm³/mol. The average Bonchev–Trinajstić information content (AvgIpc) is 2.43. The molecule has 1 fully saturated rings. The summed E-state index contributed by atoms with van der Waals surface area (Å²) in [6, 6.07) is -0.922. The molecule has 0 aliphatic carbocycles. The number of amides is 1. The van der Waals surface area contributed by atoms with E-state index in [1.54, 1.807) is 6.92 Å². The highest BCUT2D eigenvalue weighted by atomic mass is 32.2. The number of carbonyl (C=O) groups is 2. The van der Waals surface area contributed by atoms with E-state index in [9.17, 15) is 18.0 Å². The fourth-order valence-corrected chi connectivity index (χ4v) is 3.30. The minimum atomic E-state index is -3.43. The molecule has 0 radical (unpaired) electrons. The molecule has 0 spiro atoms. The quantitative estimate of drug-likeness (QED) is 0.734. The third kappa shape index (κ3) is 3.11. The Labute approximate surface area is 97.9 Å². The Kier molecular flexibility index (Phi) is 3.84. The summed E-state index contributed by atoms with van der Waals surface area (Å²) in [6.07, 6.45) is 0.953. The monoisotopic (exact) mass is 267 g/mol. The van der Waals surface area contributed by atoms with Gasteiger partial charge in [-0.25, -0.2) is 13.2 Å². The van der Waals surface area contributed by atoms with E-state index in [4.69, 9.17) is 5.11 Å². The predicted octanol–water partition coefficient (Wildman–Crippen LogP) is -0.594. The summed E-state index contributed by atoms with van der Waals surface area (Å²) in [7, 11) is -3.43. The van der Waals surface area contributed by atoms with Crippen molar-refractivity contribution in [1.82, 2.24) is 4.90 Å². The number of thioether (sulfide) groups is 1. The molecule has 1 N–H and O–H groups in total. The third-order valence-electron chi connectivity index (χ3n) is 2.18. The molecule has 0 aromatic heterocycles. The first kappa shape index (κ1) is 13.3. The molecule has 0 saturated carbocycles. The van der Waals surface area contributed by atoms with Crippen LogP contribution in [-0.2, 0) is 19.4 Å². The molecule has 1 saturated heterocycles. The summed E-state index contributed by atoms with van der Waals surface area (Å²) in [5.41, 5.74) is 0. The molecule has 8 heteroatoms. The van der Waals surface area contributed by atoms with Crippen LogP contribution in [-0.4, -0.2) is 59.5 Å². The van der Waals surface area contributed by atoms with Crippen molar-refractivity contribution in [3.63, 3.8) is 0 Å². The normalized spacial score (nSPS) is 25.8. The Morgan fingerprint density at radius 3 is 2.50 bits per heavy atom. The van der Waals surface area contributed by atoms with Crippen molar-refractivity contribution in [3.05, 3.63) is 0 Å². The van der Waals surface area contributed by atoms with Crippen molar-refractivity contribution < 1.29 is 23.1 Å². The van der Waals surface area contributed by atoms with Crippen molar-refractivity contribution in [2.75, 3.05) is 17.8 Å². The molecule has 1 rings (SSSR count). The van der Waals surface area contributed by atoms with Gasteiger partial charge in [-0.15, -0.1) is 11.8 Å². The zero-order valence-electron chi connectivity index (χ0n) is 8.91. The Bertz CT molecular complexity index is 405. The molecule has 0 bridgehead atoms. The number of carboxylic acids is 1. The van der Waals surface area contributed by atoms with Crippen LogP contribution >= 0.6 is 11.8 Å². The number of aliphatic carboxylic acids is 1. The molecular weight excluding hydrogens is 254 g/mol. The Balaban J connectivity index is 2.84. The number of carbonyl (C=O) groups excluding carboxylic acids is 1.